The molecule has 0 amide bonds. The highest BCUT2D eigenvalue weighted by Crippen LogP contribution is 2.23. The van der Waals surface area contributed by atoms with Crippen molar-refractivity contribution in [3.05, 3.63) is 36.3 Å². The molecule has 9 heteroatoms. The van der Waals surface area contributed by atoms with Gasteiger partial charge in [0.05, 0.1) is 18.2 Å². The fraction of sp³-hybridized carbons (Fsp3) is 0. The zero-order valence-corrected chi connectivity index (χ0v) is 10.2. The van der Waals surface area contributed by atoms with Crippen LogP contribution in [0.5, 0.6) is 5.75 Å². The highest BCUT2D eigenvalue weighted by atomic mass is 32.2. The van der Waals surface area contributed by atoms with Crippen LogP contribution in [0.25, 0.3) is 0 Å². The molecule has 0 aliphatic heterocycles. The Morgan fingerprint density at radius 2 is 2.11 bits per heavy atom. The molecule has 19 heavy (non-hydrogen) atoms. The molecule has 0 aliphatic carbocycles. The minimum atomic E-state index is -3.85. The van der Waals surface area contributed by atoms with Crippen LogP contribution in [0.3, 0.4) is 0 Å². The van der Waals surface area contributed by atoms with Gasteiger partial charge in [-0.25, -0.2) is 9.78 Å². The van der Waals surface area contributed by atoms with Gasteiger partial charge in [-0.2, -0.15) is 8.42 Å². The van der Waals surface area contributed by atoms with E-state index in [1.54, 1.807) is 0 Å². The minimum Gasteiger partial charge on any atom is -0.507 e. The van der Waals surface area contributed by atoms with Crippen LogP contribution >= 0.6 is 0 Å². The Kier molecular flexibility index (Phi) is 3.13. The Hall–Kier alpha value is -2.55. The van der Waals surface area contributed by atoms with Crippen molar-refractivity contribution < 1.29 is 23.4 Å². The lowest BCUT2D eigenvalue weighted by molar-refractivity contribution is 0.0694. The molecule has 1 heterocycles. The zero-order valence-electron chi connectivity index (χ0n) is 9.36. The Morgan fingerprint density at radius 1 is 1.37 bits per heavy atom. The summed E-state index contributed by atoms with van der Waals surface area (Å²) < 4.78 is 25.8. The second-order valence-electron chi connectivity index (χ2n) is 3.56. The van der Waals surface area contributed by atoms with Crippen LogP contribution < -0.4 is 4.72 Å². The molecule has 0 bridgehead atoms. The number of benzene rings is 1. The average molecular weight is 283 g/mol. The van der Waals surface area contributed by atoms with E-state index in [1.807, 2.05) is 0 Å². The molecule has 0 saturated carbocycles. The van der Waals surface area contributed by atoms with Gasteiger partial charge < -0.3 is 15.2 Å². The molecule has 8 nitrogen and oxygen atoms in total. The minimum absolute atomic E-state index is 0.0390. The van der Waals surface area contributed by atoms with Crippen molar-refractivity contribution in [2.45, 2.75) is 5.03 Å². The van der Waals surface area contributed by atoms with Crippen LogP contribution in [0.15, 0.2) is 35.7 Å². The number of aromatic amines is 1. The summed E-state index contributed by atoms with van der Waals surface area (Å²) in [4.78, 5) is 16.7. The molecular formula is C10H9N3O5S. The first-order valence-corrected chi connectivity index (χ1v) is 6.46. The Morgan fingerprint density at radius 3 is 2.63 bits per heavy atom. The highest BCUT2D eigenvalue weighted by Gasteiger charge is 2.17. The van der Waals surface area contributed by atoms with Crippen LogP contribution in [-0.2, 0) is 10.0 Å². The van der Waals surface area contributed by atoms with Gasteiger partial charge in [-0.15, -0.1) is 0 Å². The van der Waals surface area contributed by atoms with Gasteiger partial charge >= 0.3 is 5.97 Å². The number of hydrogen-bond acceptors (Lipinski definition) is 5. The number of H-pyrrole nitrogens is 1. The second-order valence-corrected chi connectivity index (χ2v) is 5.21. The number of carbonyl (C=O) groups is 1. The summed E-state index contributed by atoms with van der Waals surface area (Å²) in [6.07, 6.45) is 2.33. The van der Waals surface area contributed by atoms with Crippen LogP contribution in [0, 0.1) is 0 Å². The molecule has 2 rings (SSSR count). The third-order valence-corrected chi connectivity index (χ3v) is 3.55. The predicted molar refractivity (Wildman–Crippen MR) is 64.5 cm³/mol. The van der Waals surface area contributed by atoms with Crippen molar-refractivity contribution in [3.63, 3.8) is 0 Å². The molecule has 2 aromatic rings. The standard InChI is InChI=1S/C10H9N3O5S/c14-8-3-6(1-2-7(8)10(15)16)13-19(17,18)9-4-11-5-12-9/h1-5,13-14H,(H,11,12)(H,15,16). The summed E-state index contributed by atoms with van der Waals surface area (Å²) in [5.41, 5.74) is -0.276. The van der Waals surface area contributed by atoms with Crippen LogP contribution in [-0.4, -0.2) is 34.6 Å². The number of aromatic hydroxyl groups is 1. The van der Waals surface area contributed by atoms with Gasteiger partial charge in [0.25, 0.3) is 10.0 Å². The topological polar surface area (TPSA) is 132 Å². The lowest BCUT2D eigenvalue weighted by Gasteiger charge is -2.07. The number of aromatic nitrogens is 2. The largest absolute Gasteiger partial charge is 0.507 e. The van der Waals surface area contributed by atoms with Crippen LogP contribution in [0.2, 0.25) is 0 Å². The van der Waals surface area contributed by atoms with E-state index in [0.717, 1.165) is 18.3 Å². The maximum Gasteiger partial charge on any atom is 0.339 e. The van der Waals surface area contributed by atoms with Crippen LogP contribution in [0.4, 0.5) is 5.69 Å². The van der Waals surface area contributed by atoms with E-state index < -0.39 is 21.7 Å². The van der Waals surface area contributed by atoms with E-state index in [0.29, 0.717) is 0 Å². The number of sulfonamides is 1. The molecule has 4 N–H and O–H groups in total. The smallest absolute Gasteiger partial charge is 0.339 e. The van der Waals surface area contributed by atoms with E-state index in [2.05, 4.69) is 14.7 Å². The molecular weight excluding hydrogens is 274 g/mol. The maximum absolute atomic E-state index is 11.8. The lowest BCUT2D eigenvalue weighted by Crippen LogP contribution is -2.13. The van der Waals surface area contributed by atoms with Gasteiger partial charge in [0.2, 0.25) is 0 Å². The number of phenols is 1. The fourth-order valence-electron chi connectivity index (χ4n) is 1.38. The normalized spacial score (nSPS) is 11.2. The Bertz CT molecular complexity index is 709. The number of carboxylic acids is 1. The first-order chi connectivity index (χ1) is 8.90. The van der Waals surface area contributed by atoms with Gasteiger partial charge in [0.1, 0.15) is 11.3 Å². The molecule has 1 aromatic carbocycles. The second kappa shape index (κ2) is 4.61. The summed E-state index contributed by atoms with van der Waals surface area (Å²) in [7, 11) is -3.85. The maximum atomic E-state index is 11.8. The Labute approximate surface area is 107 Å². The summed E-state index contributed by atoms with van der Waals surface area (Å²) in [5.74, 6) is -1.84. The highest BCUT2D eigenvalue weighted by molar-refractivity contribution is 7.92. The van der Waals surface area contributed by atoms with E-state index >= 15 is 0 Å². The van der Waals surface area contributed by atoms with Crippen molar-refractivity contribution in [2.24, 2.45) is 0 Å². The molecule has 1 aromatic heterocycles. The number of aromatic carboxylic acids is 1. The number of anilines is 1. The molecule has 0 atom stereocenters. The van der Waals surface area contributed by atoms with Gasteiger partial charge in [0.15, 0.2) is 5.03 Å². The molecule has 100 valence electrons. The average Bonchev–Trinajstić information content (AvgIpc) is 2.81. The molecule has 0 aliphatic rings. The van der Waals surface area contributed by atoms with Crippen molar-refractivity contribution in [1.29, 1.82) is 0 Å². The van der Waals surface area contributed by atoms with E-state index in [1.165, 1.54) is 12.4 Å². The predicted octanol–water partition coefficient (Wildman–Crippen LogP) is 0.614. The van der Waals surface area contributed by atoms with E-state index in [9.17, 15) is 18.3 Å². The van der Waals surface area contributed by atoms with Crippen molar-refractivity contribution in [1.82, 2.24) is 9.97 Å². The van der Waals surface area contributed by atoms with Gasteiger partial charge in [-0.05, 0) is 12.1 Å². The molecule has 0 unspecified atom stereocenters. The first kappa shape index (κ1) is 12.9. The Balaban J connectivity index is 2.30. The van der Waals surface area contributed by atoms with E-state index in [-0.39, 0.29) is 16.3 Å². The number of nitrogens with one attached hydrogen (secondary N) is 2. The molecule has 0 spiro atoms. The van der Waals surface area contributed by atoms with Gasteiger partial charge in [0, 0.05) is 6.07 Å². The summed E-state index contributed by atoms with van der Waals surface area (Å²) in [5, 5.41) is 18.0. The van der Waals surface area contributed by atoms with Crippen molar-refractivity contribution >= 4 is 21.7 Å². The van der Waals surface area contributed by atoms with Gasteiger partial charge in [-0.1, -0.05) is 0 Å². The zero-order chi connectivity index (χ0) is 14.0. The summed E-state index contributed by atoms with van der Waals surface area (Å²) in [6, 6.07) is 3.34. The summed E-state index contributed by atoms with van der Waals surface area (Å²) >= 11 is 0. The van der Waals surface area contributed by atoms with Gasteiger partial charge in [-0.3, -0.25) is 4.72 Å². The third-order valence-electron chi connectivity index (χ3n) is 2.24. The number of carboxylic acid groups (broad SMARTS) is 1. The quantitative estimate of drug-likeness (QED) is 0.650. The number of hydrogen-bond donors (Lipinski definition) is 4. The monoisotopic (exact) mass is 283 g/mol. The first-order valence-electron chi connectivity index (χ1n) is 4.97. The fourth-order valence-corrected chi connectivity index (χ4v) is 2.33. The third kappa shape index (κ3) is 2.65. The number of nitrogens with zero attached hydrogens (tertiary/aromatic N) is 1. The van der Waals surface area contributed by atoms with E-state index in [4.69, 9.17) is 5.11 Å². The lowest BCUT2D eigenvalue weighted by atomic mass is 10.2. The van der Waals surface area contributed by atoms with Crippen LogP contribution in [0.1, 0.15) is 10.4 Å². The van der Waals surface area contributed by atoms with Crippen molar-refractivity contribution in [2.75, 3.05) is 4.72 Å². The molecule has 0 radical (unpaired) electrons. The molecule has 0 fully saturated rings. The number of imidazole rings is 1. The summed E-state index contributed by atoms with van der Waals surface area (Å²) in [6.45, 7) is 0. The number of rotatable bonds is 4. The molecule has 0 saturated heterocycles. The van der Waals surface area contributed by atoms with Crippen molar-refractivity contribution in [3.8, 4) is 5.75 Å². The SMILES string of the molecule is O=C(O)c1ccc(NS(=O)(=O)c2cnc[nH]2)cc1O.